The van der Waals surface area contributed by atoms with Gasteiger partial charge in [-0.1, -0.05) is 41.9 Å². The molecule has 0 radical (unpaired) electrons. The SMILES string of the molecule is Cc1c(CNc2ccc(CCC(=O)O)c(F)c2)ccc2c1N(CCOc1ccccc1Cl)CCC2.Cl.Cl. The predicted octanol–water partition coefficient (Wildman–Crippen LogP) is 7.09. The largest absolute Gasteiger partial charge is 0.490 e. The van der Waals surface area contributed by atoms with Crippen LogP contribution in [0, 0.1) is 12.7 Å². The Hall–Kier alpha value is -2.67. The summed E-state index contributed by atoms with van der Waals surface area (Å²) >= 11 is 6.21. The van der Waals surface area contributed by atoms with Gasteiger partial charge in [0.1, 0.15) is 18.2 Å². The molecule has 3 aromatic rings. The summed E-state index contributed by atoms with van der Waals surface area (Å²) < 4.78 is 20.3. The molecule has 200 valence electrons. The lowest BCUT2D eigenvalue weighted by Crippen LogP contribution is -2.34. The zero-order valence-corrected chi connectivity index (χ0v) is 23.0. The summed E-state index contributed by atoms with van der Waals surface area (Å²) in [6.45, 7) is 4.98. The van der Waals surface area contributed by atoms with Crippen LogP contribution >= 0.6 is 36.4 Å². The molecule has 1 heterocycles. The van der Waals surface area contributed by atoms with Crippen molar-refractivity contribution in [1.29, 1.82) is 0 Å². The number of fused-ring (bicyclic) bond motifs is 1. The van der Waals surface area contributed by atoms with Crippen molar-refractivity contribution in [1.82, 2.24) is 0 Å². The van der Waals surface area contributed by atoms with Crippen molar-refractivity contribution < 1.29 is 19.0 Å². The van der Waals surface area contributed by atoms with E-state index in [1.165, 1.54) is 22.9 Å². The van der Waals surface area contributed by atoms with Gasteiger partial charge in [0.25, 0.3) is 0 Å². The minimum absolute atomic E-state index is 0. The van der Waals surface area contributed by atoms with Crippen LogP contribution < -0.4 is 15.0 Å². The van der Waals surface area contributed by atoms with Gasteiger partial charge < -0.3 is 20.1 Å². The number of ether oxygens (including phenoxy) is 1. The number of carboxylic acids is 1. The Morgan fingerprint density at radius 1 is 1.14 bits per heavy atom. The van der Waals surface area contributed by atoms with Gasteiger partial charge in [-0.2, -0.15) is 0 Å². The second-order valence-corrected chi connectivity index (χ2v) is 9.19. The van der Waals surface area contributed by atoms with Crippen LogP contribution in [-0.4, -0.2) is 30.8 Å². The lowest BCUT2D eigenvalue weighted by molar-refractivity contribution is -0.136. The van der Waals surface area contributed by atoms with Crippen molar-refractivity contribution in [3.05, 3.63) is 87.7 Å². The molecule has 37 heavy (non-hydrogen) atoms. The summed E-state index contributed by atoms with van der Waals surface area (Å²) in [5.74, 6) is -0.621. The van der Waals surface area contributed by atoms with E-state index in [9.17, 15) is 9.18 Å². The Bertz CT molecular complexity index is 1210. The zero-order valence-electron chi connectivity index (χ0n) is 20.6. The number of nitrogens with one attached hydrogen (secondary N) is 1. The lowest BCUT2D eigenvalue weighted by atomic mass is 9.94. The summed E-state index contributed by atoms with van der Waals surface area (Å²) in [6.07, 6.45) is 2.25. The van der Waals surface area contributed by atoms with E-state index in [0.717, 1.165) is 31.5 Å². The fourth-order valence-electron chi connectivity index (χ4n) is 4.55. The highest BCUT2D eigenvalue weighted by Gasteiger charge is 2.20. The number of benzene rings is 3. The molecule has 2 N–H and O–H groups in total. The molecule has 1 aliphatic heterocycles. The number of rotatable bonds is 10. The quantitative estimate of drug-likeness (QED) is 0.273. The first-order chi connectivity index (χ1) is 16.9. The van der Waals surface area contributed by atoms with E-state index in [0.29, 0.717) is 35.2 Å². The first kappa shape index (κ1) is 30.6. The molecule has 0 spiro atoms. The molecule has 0 amide bonds. The summed E-state index contributed by atoms with van der Waals surface area (Å²) in [5, 5.41) is 12.7. The lowest BCUT2D eigenvalue weighted by Gasteiger charge is -2.33. The normalized spacial score (nSPS) is 12.1. The molecule has 0 saturated carbocycles. The van der Waals surface area contributed by atoms with Crippen LogP contribution in [0.25, 0.3) is 0 Å². The third-order valence-electron chi connectivity index (χ3n) is 6.42. The van der Waals surface area contributed by atoms with Crippen LogP contribution in [0.3, 0.4) is 0 Å². The third-order valence-corrected chi connectivity index (χ3v) is 6.73. The van der Waals surface area contributed by atoms with Crippen LogP contribution in [0.2, 0.25) is 5.02 Å². The molecule has 5 nitrogen and oxygen atoms in total. The number of aliphatic carboxylic acids is 1. The Kier molecular flexibility index (Phi) is 11.8. The highest BCUT2D eigenvalue weighted by Crippen LogP contribution is 2.33. The number of aryl methyl sites for hydroxylation is 2. The average molecular weight is 570 g/mol. The highest BCUT2D eigenvalue weighted by atomic mass is 35.5. The molecule has 0 fully saturated rings. The van der Waals surface area contributed by atoms with E-state index in [2.05, 4.69) is 29.3 Å². The minimum Gasteiger partial charge on any atom is -0.490 e. The Balaban J connectivity index is 0.00000241. The van der Waals surface area contributed by atoms with E-state index in [1.807, 2.05) is 24.3 Å². The van der Waals surface area contributed by atoms with Gasteiger partial charge in [-0.15, -0.1) is 24.8 Å². The summed E-state index contributed by atoms with van der Waals surface area (Å²) in [7, 11) is 0. The number of para-hydroxylation sites is 1. The fourth-order valence-corrected chi connectivity index (χ4v) is 4.74. The van der Waals surface area contributed by atoms with Gasteiger partial charge in [0.15, 0.2) is 0 Å². The summed E-state index contributed by atoms with van der Waals surface area (Å²) in [6, 6.07) is 16.7. The second kappa shape index (κ2) is 14.3. The van der Waals surface area contributed by atoms with Gasteiger partial charge >= 0.3 is 5.97 Å². The maximum atomic E-state index is 14.4. The second-order valence-electron chi connectivity index (χ2n) is 8.78. The summed E-state index contributed by atoms with van der Waals surface area (Å²) in [4.78, 5) is 13.1. The molecule has 4 rings (SSSR count). The van der Waals surface area contributed by atoms with Crippen molar-refractivity contribution in [3.8, 4) is 5.75 Å². The third kappa shape index (κ3) is 7.91. The molecular weight excluding hydrogens is 538 g/mol. The molecule has 0 aromatic heterocycles. The van der Waals surface area contributed by atoms with Crippen molar-refractivity contribution >= 4 is 53.8 Å². The highest BCUT2D eigenvalue weighted by molar-refractivity contribution is 6.32. The standard InChI is InChI=1S/C28H30ClFN2O3.2ClH/c1-19-22(18-31-23-12-10-20(25(30)17-23)11-13-27(33)34)9-8-21-5-4-14-32(28(19)21)15-16-35-26-7-3-2-6-24(26)29;;/h2-3,6-10,12,17,31H,4-5,11,13-16,18H2,1H3,(H,33,34);2*1H. The number of anilines is 2. The molecule has 9 heteroatoms. The molecule has 3 aromatic carbocycles. The number of nitrogens with zero attached hydrogens (tertiary/aromatic N) is 1. The fraction of sp³-hybridized carbons (Fsp3) is 0.321. The van der Waals surface area contributed by atoms with Crippen LogP contribution in [0.1, 0.15) is 35.1 Å². The van der Waals surface area contributed by atoms with Gasteiger partial charge in [-0.05, 0) is 72.7 Å². The Labute approximate surface area is 234 Å². The van der Waals surface area contributed by atoms with Gasteiger partial charge in [0, 0.05) is 30.9 Å². The molecule has 0 atom stereocenters. The van der Waals surface area contributed by atoms with E-state index >= 15 is 0 Å². The molecular formula is C28H32Cl3FN2O3. The van der Waals surface area contributed by atoms with Gasteiger partial charge in [0.2, 0.25) is 0 Å². The predicted molar refractivity (Wildman–Crippen MR) is 153 cm³/mol. The number of carboxylic acid groups (broad SMARTS) is 1. The van der Waals surface area contributed by atoms with E-state index in [1.54, 1.807) is 12.1 Å². The Morgan fingerprint density at radius 2 is 1.89 bits per heavy atom. The van der Waals surface area contributed by atoms with E-state index < -0.39 is 5.97 Å². The maximum Gasteiger partial charge on any atom is 0.303 e. The van der Waals surface area contributed by atoms with E-state index in [4.69, 9.17) is 21.4 Å². The number of carbonyl (C=O) groups is 1. The monoisotopic (exact) mass is 568 g/mol. The maximum absolute atomic E-state index is 14.4. The van der Waals surface area contributed by atoms with Crippen LogP contribution in [0.15, 0.2) is 54.6 Å². The van der Waals surface area contributed by atoms with Crippen molar-refractivity contribution in [2.45, 2.75) is 39.2 Å². The molecule has 0 aliphatic carbocycles. The van der Waals surface area contributed by atoms with Crippen LogP contribution in [0.5, 0.6) is 5.75 Å². The average Bonchev–Trinajstić information content (AvgIpc) is 2.84. The number of halogens is 4. The topological polar surface area (TPSA) is 61.8 Å². The van der Waals surface area contributed by atoms with Crippen molar-refractivity contribution in [2.75, 3.05) is 29.9 Å². The smallest absolute Gasteiger partial charge is 0.303 e. The minimum atomic E-state index is -0.932. The molecule has 0 unspecified atom stereocenters. The van der Waals surface area contributed by atoms with Gasteiger partial charge in [0.05, 0.1) is 11.6 Å². The Morgan fingerprint density at radius 3 is 2.62 bits per heavy atom. The van der Waals surface area contributed by atoms with Crippen molar-refractivity contribution in [2.24, 2.45) is 0 Å². The first-order valence-electron chi connectivity index (χ1n) is 11.9. The van der Waals surface area contributed by atoms with Crippen molar-refractivity contribution in [3.63, 3.8) is 0 Å². The molecule has 1 aliphatic rings. The summed E-state index contributed by atoms with van der Waals surface area (Å²) in [5.41, 5.74) is 6.04. The van der Waals surface area contributed by atoms with Crippen LogP contribution in [0.4, 0.5) is 15.8 Å². The van der Waals surface area contributed by atoms with E-state index in [-0.39, 0.29) is 43.5 Å². The number of hydrogen-bond donors (Lipinski definition) is 2. The number of hydrogen-bond acceptors (Lipinski definition) is 4. The molecule has 0 saturated heterocycles. The van der Waals surface area contributed by atoms with Gasteiger partial charge in [-0.25, -0.2) is 4.39 Å². The first-order valence-corrected chi connectivity index (χ1v) is 12.3. The van der Waals surface area contributed by atoms with Gasteiger partial charge in [-0.3, -0.25) is 4.79 Å². The van der Waals surface area contributed by atoms with Crippen LogP contribution in [-0.2, 0) is 24.2 Å². The molecule has 0 bridgehead atoms. The zero-order chi connectivity index (χ0) is 24.8.